The third kappa shape index (κ3) is 9.12. The van der Waals surface area contributed by atoms with Crippen molar-refractivity contribution in [2.45, 2.75) is 207 Å². The summed E-state index contributed by atoms with van der Waals surface area (Å²) in [6, 6.07) is 51.1. The SMILES string of the molecule is CC(C)(C)c1ccc(N2c3cc(N(c4ccc5c(c4)C(C)(C)CCC5(C)C)c4ccc5c(c4)C(C)(C)CCC5(C)C)nc4c3B(c3sc5ccc(C(C)(C)C)cc5c32)c2sc3ccc(C(C)(C)C)cc3c2N4c2ccc(C(C)(C)C)cc2)cc1. The molecule has 0 fully saturated rings. The Morgan fingerprint density at radius 2 is 0.786 bits per heavy atom. The normalized spacial score (nSPS) is 17.6. The second-order valence-corrected chi connectivity index (χ2v) is 34.5. The van der Waals surface area contributed by atoms with E-state index in [1.165, 1.54) is 96.8 Å². The van der Waals surface area contributed by atoms with Gasteiger partial charge in [0.2, 0.25) is 0 Å². The Morgan fingerprint density at radius 1 is 0.417 bits per heavy atom. The molecule has 0 N–H and O–H groups in total. The summed E-state index contributed by atoms with van der Waals surface area (Å²) >= 11 is 3.97. The highest BCUT2D eigenvalue weighted by Crippen LogP contribution is 2.55. The third-order valence-electron chi connectivity index (χ3n) is 20.2. The maximum Gasteiger partial charge on any atom is 0.279 e. The van der Waals surface area contributed by atoms with Crippen LogP contribution in [0.25, 0.3) is 20.2 Å². The fraction of sp³-hybridized carbons (Fsp3) is 0.416. The van der Waals surface area contributed by atoms with Crippen molar-refractivity contribution in [2.24, 2.45) is 0 Å². The van der Waals surface area contributed by atoms with Crippen molar-refractivity contribution in [1.82, 2.24) is 4.98 Å². The van der Waals surface area contributed by atoms with Gasteiger partial charge in [-0.2, -0.15) is 0 Å². The second kappa shape index (κ2) is 18.7. The van der Waals surface area contributed by atoms with Gasteiger partial charge in [-0.05, 0) is 192 Å². The van der Waals surface area contributed by atoms with E-state index in [1.807, 2.05) is 22.7 Å². The summed E-state index contributed by atoms with van der Waals surface area (Å²) in [7, 11) is 0. The van der Waals surface area contributed by atoms with E-state index >= 15 is 0 Å². The van der Waals surface area contributed by atoms with E-state index in [9.17, 15) is 0 Å². The van der Waals surface area contributed by atoms with Crippen molar-refractivity contribution in [3.8, 4) is 0 Å². The van der Waals surface area contributed by atoms with Gasteiger partial charge in [0.25, 0.3) is 6.71 Å². The summed E-state index contributed by atoms with van der Waals surface area (Å²) in [5.41, 5.74) is 20.6. The number of aromatic nitrogens is 1. The summed E-state index contributed by atoms with van der Waals surface area (Å²) in [4.78, 5) is 14.2. The first-order valence-corrected chi connectivity index (χ1v) is 32.9. The first-order chi connectivity index (χ1) is 39.1. The van der Waals surface area contributed by atoms with Crippen LogP contribution in [0.3, 0.4) is 0 Å². The molecule has 9 aromatic rings. The molecule has 2 aliphatic heterocycles. The molecule has 84 heavy (non-hydrogen) atoms. The number of benzene rings is 6. The minimum atomic E-state index is -0.0743. The van der Waals surface area contributed by atoms with Crippen molar-refractivity contribution >= 4 is 116 Å². The van der Waals surface area contributed by atoms with E-state index in [0.717, 1.165) is 60.1 Å². The van der Waals surface area contributed by atoms with Gasteiger partial charge in [0.05, 0.1) is 11.4 Å². The van der Waals surface area contributed by atoms with E-state index in [1.54, 1.807) is 0 Å². The molecule has 4 aliphatic rings. The molecular formula is C77H89BN4S2. The second-order valence-electron chi connectivity index (χ2n) is 32.3. The molecule has 5 heterocycles. The van der Waals surface area contributed by atoms with Crippen LogP contribution in [0.1, 0.15) is 209 Å². The van der Waals surface area contributed by atoms with Gasteiger partial charge in [0, 0.05) is 64.2 Å². The predicted molar refractivity (Wildman–Crippen MR) is 369 cm³/mol. The Bertz CT molecular complexity index is 3880. The lowest BCUT2D eigenvalue weighted by Crippen LogP contribution is -2.59. The highest BCUT2D eigenvalue weighted by Gasteiger charge is 2.49. The van der Waals surface area contributed by atoms with Crippen LogP contribution in [-0.2, 0) is 43.3 Å². The summed E-state index contributed by atoms with van der Waals surface area (Å²) in [5.74, 6) is 1.90. The molecule has 0 saturated carbocycles. The van der Waals surface area contributed by atoms with Crippen LogP contribution in [0, 0.1) is 0 Å². The molecule has 0 spiro atoms. The maximum atomic E-state index is 6.38. The van der Waals surface area contributed by atoms with E-state index in [-0.39, 0.29) is 50.0 Å². The van der Waals surface area contributed by atoms with Crippen LogP contribution >= 0.6 is 22.7 Å². The molecule has 0 saturated heterocycles. The first kappa shape index (κ1) is 57.0. The van der Waals surface area contributed by atoms with Crippen molar-refractivity contribution in [2.75, 3.05) is 14.7 Å². The number of hydrogen-bond acceptors (Lipinski definition) is 6. The largest absolute Gasteiger partial charge is 0.310 e. The summed E-state index contributed by atoms with van der Waals surface area (Å²) in [6.07, 6.45) is 4.59. The highest BCUT2D eigenvalue weighted by molar-refractivity contribution is 7.40. The van der Waals surface area contributed by atoms with Gasteiger partial charge >= 0.3 is 0 Å². The summed E-state index contributed by atoms with van der Waals surface area (Å²) in [6.45, 7) is 47.6. The standard InChI is InChI=1S/C77H89BN4S2/c1-70(2,3)46-21-27-50(28-22-46)81-60-45-63(80(52-31-33-56-58(43-52)76(17,18)39-37-74(56,13)14)53-32-34-57-59(44-53)77(19,20)40-38-75(57,15)16)79-69-64(60)78(67-65(81)54-41-48(72(7,8)9)25-35-61(54)83-67)68-66(55-42-49(73(10,11)12)26-36-62(55)84-68)82(69)51-29-23-47(24-30-51)71(4,5)6/h21-36,41-45H,37-40H2,1-20H3. The van der Waals surface area contributed by atoms with Crippen LogP contribution in [0.15, 0.2) is 127 Å². The number of nitrogens with zero attached hydrogens (tertiary/aromatic N) is 4. The Hall–Kier alpha value is -6.15. The fourth-order valence-corrected chi connectivity index (χ4v) is 17.1. The van der Waals surface area contributed by atoms with Crippen molar-refractivity contribution < 1.29 is 0 Å². The van der Waals surface area contributed by atoms with E-state index in [0.29, 0.717) is 0 Å². The maximum absolute atomic E-state index is 6.38. The smallest absolute Gasteiger partial charge is 0.279 e. The van der Waals surface area contributed by atoms with Crippen molar-refractivity contribution in [3.05, 3.63) is 172 Å². The predicted octanol–water partition coefficient (Wildman–Crippen LogP) is 21.0. The van der Waals surface area contributed by atoms with Crippen molar-refractivity contribution in [1.29, 1.82) is 0 Å². The fourth-order valence-electron chi connectivity index (χ4n) is 14.4. The zero-order valence-electron chi connectivity index (χ0n) is 54.1. The van der Waals surface area contributed by atoms with Crippen LogP contribution in [-0.4, -0.2) is 11.7 Å². The topological polar surface area (TPSA) is 22.6 Å². The number of fused-ring (bicyclic) bond motifs is 10. The number of thiophene rings is 2. The molecule has 432 valence electrons. The molecule has 0 unspecified atom stereocenters. The lowest BCUT2D eigenvalue weighted by Gasteiger charge is -2.44. The first-order valence-electron chi connectivity index (χ1n) is 31.2. The third-order valence-corrected chi connectivity index (χ3v) is 22.7. The van der Waals surface area contributed by atoms with Gasteiger partial charge in [-0.3, -0.25) is 9.80 Å². The molecule has 6 aromatic carbocycles. The van der Waals surface area contributed by atoms with Gasteiger partial charge in [-0.15, -0.1) is 22.7 Å². The van der Waals surface area contributed by atoms with Crippen LogP contribution in [0.4, 0.5) is 51.4 Å². The van der Waals surface area contributed by atoms with Gasteiger partial charge in [-0.1, -0.05) is 187 Å². The molecule has 3 aromatic heterocycles. The van der Waals surface area contributed by atoms with Crippen LogP contribution in [0.5, 0.6) is 0 Å². The molecule has 7 heteroatoms. The lowest BCUT2D eigenvalue weighted by atomic mass is 9.39. The average molecular weight is 1150 g/mol. The minimum Gasteiger partial charge on any atom is -0.310 e. The summed E-state index contributed by atoms with van der Waals surface area (Å²) in [5, 5.41) is 2.59. The zero-order valence-corrected chi connectivity index (χ0v) is 55.8. The molecule has 0 radical (unpaired) electrons. The number of hydrogen-bond donors (Lipinski definition) is 0. The van der Waals surface area contributed by atoms with Crippen molar-refractivity contribution in [3.63, 3.8) is 0 Å². The van der Waals surface area contributed by atoms with E-state index < -0.39 is 0 Å². The highest BCUT2D eigenvalue weighted by atomic mass is 32.1. The number of rotatable bonds is 5. The molecule has 0 amide bonds. The minimum absolute atomic E-state index is 0.00639. The summed E-state index contributed by atoms with van der Waals surface area (Å²) < 4.78 is 5.37. The van der Waals surface area contributed by atoms with Gasteiger partial charge < -0.3 is 4.90 Å². The number of pyridine rings is 1. The monoisotopic (exact) mass is 1140 g/mol. The number of anilines is 9. The van der Waals surface area contributed by atoms with Gasteiger partial charge in [0.1, 0.15) is 11.6 Å². The Kier molecular flexibility index (Phi) is 12.7. The molecule has 0 atom stereocenters. The molecule has 4 nitrogen and oxygen atoms in total. The van der Waals surface area contributed by atoms with Gasteiger partial charge in [0.15, 0.2) is 0 Å². The average Bonchev–Trinajstić information content (AvgIpc) is 1.41. The quantitative estimate of drug-likeness (QED) is 0.160. The van der Waals surface area contributed by atoms with E-state index in [2.05, 4.69) is 281 Å². The lowest BCUT2D eigenvalue weighted by molar-refractivity contribution is 0.332. The van der Waals surface area contributed by atoms with Crippen LogP contribution in [0.2, 0.25) is 0 Å². The molecule has 2 aliphatic carbocycles. The Balaban J connectivity index is 1.20. The van der Waals surface area contributed by atoms with Gasteiger partial charge in [-0.25, -0.2) is 4.98 Å². The molecule has 0 bridgehead atoms. The Labute approximate surface area is 511 Å². The van der Waals surface area contributed by atoms with E-state index in [4.69, 9.17) is 4.98 Å². The zero-order chi connectivity index (χ0) is 60.0. The van der Waals surface area contributed by atoms with Crippen LogP contribution < -0.4 is 29.7 Å². The molecular weight excluding hydrogens is 1060 g/mol. The molecule has 13 rings (SSSR count). The Morgan fingerprint density at radius 3 is 1.19 bits per heavy atom.